The van der Waals surface area contributed by atoms with Gasteiger partial charge in [0, 0.05) is 7.39 Å². The quantitative estimate of drug-likeness (QED) is 0.501. The lowest BCUT2D eigenvalue weighted by molar-refractivity contribution is 0.169. The summed E-state index contributed by atoms with van der Waals surface area (Å²) in [6.07, 6.45) is 2.20. The zero-order valence-electron chi connectivity index (χ0n) is 8.57. The van der Waals surface area contributed by atoms with Gasteiger partial charge < -0.3 is 4.90 Å². The Labute approximate surface area is 65.8 Å². The third-order valence-corrected chi connectivity index (χ3v) is 2.23. The largest absolute Gasteiger partial charge is 0.303 e. The first-order chi connectivity index (χ1) is 4.88. The van der Waals surface area contributed by atoms with Crippen molar-refractivity contribution in [3.63, 3.8) is 0 Å². The van der Waals surface area contributed by atoms with Crippen molar-refractivity contribution in [1.82, 2.24) is 4.90 Å². The van der Waals surface area contributed by atoms with Crippen molar-refractivity contribution in [3.8, 4) is 0 Å². The first kappa shape index (κ1) is 6.66. The second kappa shape index (κ2) is 2.54. The lowest BCUT2D eigenvalue weighted by Gasteiger charge is -2.32. The molecule has 1 nitrogen and oxygen atoms in total. The van der Waals surface area contributed by atoms with Gasteiger partial charge in [0.25, 0.3) is 0 Å². The summed E-state index contributed by atoms with van der Waals surface area (Å²) in [6, 6.07) is -0.326. The predicted molar refractivity (Wildman–Crippen MR) is 45.1 cm³/mol. The Balaban J connectivity index is 2.81. The molecule has 0 bridgehead atoms. The molecule has 1 aliphatic rings. The van der Waals surface area contributed by atoms with Gasteiger partial charge in [-0.2, -0.15) is 0 Å². The summed E-state index contributed by atoms with van der Waals surface area (Å²) in [5, 5.41) is 0. The maximum absolute atomic E-state index is 8.26. The molecule has 0 saturated carbocycles. The maximum atomic E-state index is 8.26. The summed E-state index contributed by atoms with van der Waals surface area (Å²) in [6.45, 7) is 7.55. The van der Waals surface area contributed by atoms with Crippen LogP contribution in [0.15, 0.2) is 0 Å². The van der Waals surface area contributed by atoms with E-state index in [9.17, 15) is 0 Å². The molecule has 1 atom stereocenters. The smallest absolute Gasteiger partial charge is 0.0473 e. The van der Waals surface area contributed by atoms with Crippen LogP contribution in [0.25, 0.3) is 0 Å². The number of hydrogen-bond acceptors (Lipinski definition) is 1. The fourth-order valence-electron chi connectivity index (χ4n) is 1.76. The highest BCUT2D eigenvalue weighted by Crippen LogP contribution is 2.30. The number of hydrogen-bond donors (Lipinski definition) is 0. The number of likely N-dealkylation sites (tertiary alicyclic amines) is 1. The van der Waals surface area contributed by atoms with Crippen LogP contribution in [0.5, 0.6) is 0 Å². The van der Waals surface area contributed by atoms with Crippen molar-refractivity contribution in [1.29, 1.82) is 0 Å². The van der Waals surface area contributed by atoms with E-state index in [1.54, 1.807) is 0 Å². The molecule has 0 radical (unpaired) electrons. The molecule has 60 valence electrons. The summed E-state index contributed by atoms with van der Waals surface area (Å²) in [7, 11) is 2.06. The molecule has 0 N–H and O–H groups in total. The molecule has 1 heterocycles. The molecule has 0 aromatic rings. The maximum Gasteiger partial charge on any atom is 0.0473 e. The summed E-state index contributed by atoms with van der Waals surface area (Å²) in [4.78, 5) is 2.17. The van der Waals surface area contributed by atoms with Gasteiger partial charge in [0.1, 0.15) is 0 Å². The van der Waals surface area contributed by atoms with Gasteiger partial charge in [0.2, 0.25) is 0 Å². The van der Waals surface area contributed by atoms with Crippen LogP contribution in [0, 0.1) is 5.41 Å². The molecule has 1 saturated heterocycles. The van der Waals surface area contributed by atoms with Crippen LogP contribution in [0.4, 0.5) is 0 Å². The van der Waals surface area contributed by atoms with E-state index in [1.165, 1.54) is 6.42 Å². The lowest BCUT2D eigenvalue weighted by atomic mass is 9.85. The average molecular weight is 142 g/mol. The summed E-state index contributed by atoms with van der Waals surface area (Å²) >= 11 is 0. The standard InChI is InChI=1S/C9H19N/c1-9(2,3)8-6-5-7-10(8)4/h8H,5-7H2,1-4H3/i8D. The van der Waals surface area contributed by atoms with Crippen LogP contribution >= 0.6 is 0 Å². The molecule has 1 unspecified atom stereocenters. The van der Waals surface area contributed by atoms with Gasteiger partial charge in [-0.15, -0.1) is 0 Å². The molecule has 10 heavy (non-hydrogen) atoms. The molecule has 1 aliphatic heterocycles. The van der Waals surface area contributed by atoms with Gasteiger partial charge in [-0.3, -0.25) is 0 Å². The van der Waals surface area contributed by atoms with E-state index >= 15 is 0 Å². The lowest BCUT2D eigenvalue weighted by Crippen LogP contribution is -2.36. The molecule has 1 fully saturated rings. The van der Waals surface area contributed by atoms with Crippen molar-refractivity contribution >= 4 is 0 Å². The third kappa shape index (κ3) is 1.51. The Morgan fingerprint density at radius 1 is 1.50 bits per heavy atom. The van der Waals surface area contributed by atoms with Gasteiger partial charge in [-0.25, -0.2) is 0 Å². The van der Waals surface area contributed by atoms with Crippen LogP contribution in [-0.4, -0.2) is 24.5 Å². The first-order valence-corrected chi connectivity index (χ1v) is 4.09. The molecular weight excluding hydrogens is 122 g/mol. The SMILES string of the molecule is [2H]C1(C(C)(C)C)CCCN1C. The average Bonchev–Trinajstić information content (AvgIpc) is 2.12. The van der Waals surface area contributed by atoms with E-state index in [0.717, 1.165) is 13.0 Å². The molecule has 0 aliphatic carbocycles. The molecule has 0 aromatic heterocycles. The molecular formula is C9H19N. The minimum absolute atomic E-state index is 0.0816. The second-order valence-electron chi connectivity index (χ2n) is 4.22. The molecule has 1 rings (SSSR count). The van der Waals surface area contributed by atoms with Crippen molar-refractivity contribution in [2.75, 3.05) is 13.6 Å². The fraction of sp³-hybridized carbons (Fsp3) is 1.00. The van der Waals surface area contributed by atoms with Crippen molar-refractivity contribution in [2.45, 2.75) is 39.6 Å². The Bertz CT molecular complexity index is 150. The Kier molecular flexibility index (Phi) is 1.69. The zero-order valence-corrected chi connectivity index (χ0v) is 7.57. The van der Waals surface area contributed by atoms with Crippen LogP contribution in [0.3, 0.4) is 0 Å². The van der Waals surface area contributed by atoms with E-state index in [-0.39, 0.29) is 11.4 Å². The van der Waals surface area contributed by atoms with Gasteiger partial charge in [0.05, 0.1) is 0 Å². The highest BCUT2D eigenvalue weighted by molar-refractivity contribution is 4.85. The van der Waals surface area contributed by atoms with E-state index < -0.39 is 0 Å². The topological polar surface area (TPSA) is 3.24 Å². The van der Waals surface area contributed by atoms with E-state index in [1.807, 2.05) is 0 Å². The second-order valence-corrected chi connectivity index (χ2v) is 4.22. The van der Waals surface area contributed by atoms with Crippen LogP contribution in [0.2, 0.25) is 0 Å². The van der Waals surface area contributed by atoms with E-state index in [2.05, 4.69) is 32.7 Å². The van der Waals surface area contributed by atoms with Crippen LogP contribution in [-0.2, 0) is 0 Å². The van der Waals surface area contributed by atoms with Crippen LogP contribution < -0.4 is 0 Å². The number of rotatable bonds is 0. The van der Waals surface area contributed by atoms with Gasteiger partial charge >= 0.3 is 0 Å². The molecule has 1 heteroatoms. The van der Waals surface area contributed by atoms with E-state index in [4.69, 9.17) is 1.37 Å². The Morgan fingerprint density at radius 3 is 2.30 bits per heavy atom. The predicted octanol–water partition coefficient (Wildman–Crippen LogP) is 2.13. The molecule has 0 aromatic carbocycles. The minimum Gasteiger partial charge on any atom is -0.303 e. The first-order valence-electron chi connectivity index (χ1n) is 4.59. The molecule has 0 amide bonds. The van der Waals surface area contributed by atoms with Gasteiger partial charge in [-0.05, 0) is 31.8 Å². The van der Waals surface area contributed by atoms with Crippen molar-refractivity contribution in [3.05, 3.63) is 0 Å². The Morgan fingerprint density at radius 2 is 2.10 bits per heavy atom. The van der Waals surface area contributed by atoms with Crippen LogP contribution in [0.1, 0.15) is 35.0 Å². The minimum atomic E-state index is -0.326. The van der Waals surface area contributed by atoms with Gasteiger partial charge in [-0.1, -0.05) is 20.8 Å². The zero-order chi connectivity index (χ0) is 8.70. The highest BCUT2D eigenvalue weighted by Gasteiger charge is 2.31. The summed E-state index contributed by atoms with van der Waals surface area (Å²) < 4.78 is 8.26. The molecule has 0 spiro atoms. The van der Waals surface area contributed by atoms with Crippen molar-refractivity contribution < 1.29 is 1.37 Å². The normalized spacial score (nSPS) is 38.2. The summed E-state index contributed by atoms with van der Waals surface area (Å²) in [5.74, 6) is 0. The van der Waals surface area contributed by atoms with Gasteiger partial charge in [0.15, 0.2) is 0 Å². The Hall–Kier alpha value is -0.0400. The van der Waals surface area contributed by atoms with E-state index in [0.29, 0.717) is 0 Å². The third-order valence-electron chi connectivity index (χ3n) is 2.23. The highest BCUT2D eigenvalue weighted by atomic mass is 15.2. The monoisotopic (exact) mass is 142 g/mol. The fourth-order valence-corrected chi connectivity index (χ4v) is 1.76. The van der Waals surface area contributed by atoms with Crippen molar-refractivity contribution in [2.24, 2.45) is 5.41 Å². The summed E-state index contributed by atoms with van der Waals surface area (Å²) in [5.41, 5.74) is 0.0816. The number of nitrogens with zero attached hydrogens (tertiary/aromatic N) is 1.